The van der Waals surface area contributed by atoms with Gasteiger partial charge in [0, 0.05) is 29.1 Å². The highest BCUT2D eigenvalue weighted by Gasteiger charge is 2.47. The minimum Gasteiger partial charge on any atom is -0.490 e. The number of allylic oxidation sites excluding steroid dienone is 1. The normalized spacial score (nSPS) is 28.8. The Labute approximate surface area is 253 Å². The third kappa shape index (κ3) is 5.49. The lowest BCUT2D eigenvalue weighted by atomic mass is 9.68. The third-order valence-corrected chi connectivity index (χ3v) is 12.0. The molecule has 42 heavy (non-hydrogen) atoms. The van der Waals surface area contributed by atoms with Gasteiger partial charge >= 0.3 is 0 Å². The number of amides is 1. The van der Waals surface area contributed by atoms with Crippen LogP contribution in [0.4, 0.5) is 5.69 Å². The number of anilines is 1. The van der Waals surface area contributed by atoms with Crippen LogP contribution in [0.15, 0.2) is 61.7 Å². The first kappa shape index (κ1) is 29.3. The molecule has 4 aliphatic rings. The van der Waals surface area contributed by atoms with Crippen molar-refractivity contribution in [2.75, 3.05) is 24.6 Å². The second-order valence-electron chi connectivity index (χ2n) is 12.5. The summed E-state index contributed by atoms with van der Waals surface area (Å²) in [7, 11) is -3.78. The van der Waals surface area contributed by atoms with Crippen LogP contribution in [0.25, 0.3) is 0 Å². The summed E-state index contributed by atoms with van der Waals surface area (Å²) in [4.78, 5) is 15.6. The van der Waals surface area contributed by atoms with Crippen LogP contribution >= 0.6 is 11.6 Å². The van der Waals surface area contributed by atoms with Crippen molar-refractivity contribution in [3.05, 3.63) is 83.4 Å². The first-order chi connectivity index (χ1) is 20.1. The highest BCUT2D eigenvalue weighted by molar-refractivity contribution is 7.91. The lowest BCUT2D eigenvalue weighted by molar-refractivity contribution is 0.0460. The highest BCUT2D eigenvalue weighted by atomic mass is 35.5. The van der Waals surface area contributed by atoms with E-state index in [1.807, 2.05) is 6.07 Å². The highest BCUT2D eigenvalue weighted by Crippen LogP contribution is 2.47. The van der Waals surface area contributed by atoms with E-state index in [2.05, 4.69) is 34.9 Å². The molecule has 2 N–H and O–H groups in total. The number of halogens is 1. The van der Waals surface area contributed by atoms with Gasteiger partial charge in [0.1, 0.15) is 5.75 Å². The number of benzene rings is 2. The van der Waals surface area contributed by atoms with Gasteiger partial charge in [-0.2, -0.15) is 0 Å². The Morgan fingerprint density at radius 1 is 1.21 bits per heavy atom. The van der Waals surface area contributed by atoms with E-state index in [1.54, 1.807) is 30.4 Å². The lowest BCUT2D eigenvalue weighted by Crippen LogP contribution is -2.49. The fourth-order valence-corrected chi connectivity index (χ4v) is 9.15. The quantitative estimate of drug-likeness (QED) is 0.369. The Bertz CT molecular complexity index is 1510. The SMILES string of the molecule is C=CC[C@@H]1C[C@@H]1S(=O)(=O)NC(=O)c1ccc2c(c1)N(C[C@@H]1CC[C@H]1[C@@H](O)C=C)CC1(CCCc3cc(Cl)ccc31)CO2. The summed E-state index contributed by atoms with van der Waals surface area (Å²) in [5.41, 5.74) is 3.26. The maximum Gasteiger partial charge on any atom is 0.264 e. The van der Waals surface area contributed by atoms with Crippen molar-refractivity contribution < 1.29 is 23.1 Å². The maximum absolute atomic E-state index is 13.3. The Morgan fingerprint density at radius 2 is 2.05 bits per heavy atom. The molecule has 0 aromatic heterocycles. The molecule has 0 radical (unpaired) electrons. The number of hydrogen-bond acceptors (Lipinski definition) is 6. The molecule has 1 unspecified atom stereocenters. The zero-order chi connectivity index (χ0) is 29.6. The number of ether oxygens (including phenoxy) is 1. The molecule has 2 saturated carbocycles. The molecule has 1 aliphatic heterocycles. The van der Waals surface area contributed by atoms with Gasteiger partial charge in [-0.1, -0.05) is 29.8 Å². The fraction of sp³-hybridized carbons (Fsp3) is 0.485. The van der Waals surface area contributed by atoms with Crippen molar-refractivity contribution in [2.45, 2.75) is 61.7 Å². The van der Waals surface area contributed by atoms with Gasteiger partial charge in [0.25, 0.3) is 5.91 Å². The minimum absolute atomic E-state index is 0.00881. The first-order valence-electron chi connectivity index (χ1n) is 14.9. The van der Waals surface area contributed by atoms with Crippen LogP contribution in [0.1, 0.15) is 60.0 Å². The molecule has 9 heteroatoms. The third-order valence-electron chi connectivity index (χ3n) is 9.87. The Balaban J connectivity index is 1.32. The molecule has 2 aromatic rings. The molecule has 6 atom stereocenters. The number of aliphatic hydroxyl groups excluding tert-OH is 1. The zero-order valence-electron chi connectivity index (χ0n) is 23.8. The number of aryl methyl sites for hydroxylation is 1. The van der Waals surface area contributed by atoms with Crippen LogP contribution in [-0.2, 0) is 21.9 Å². The molecule has 2 aromatic carbocycles. The molecule has 0 bridgehead atoms. The number of nitrogens with zero attached hydrogens (tertiary/aromatic N) is 1. The van der Waals surface area contributed by atoms with E-state index in [4.69, 9.17) is 16.3 Å². The van der Waals surface area contributed by atoms with Crippen LogP contribution in [0, 0.1) is 17.8 Å². The van der Waals surface area contributed by atoms with Gasteiger partial charge in [-0.25, -0.2) is 13.1 Å². The number of sulfonamides is 1. The standard InChI is InChI=1S/C33H39ClN2O5S/c1-3-6-22-17-31(22)42(39,40)35-32(38)23-9-13-30-28(16-23)36(18-24-8-11-26(24)29(37)4-2)19-33(20-41-30)14-5-7-21-15-25(34)10-12-27(21)33/h3-4,9-10,12-13,15-16,22,24,26,29,31,37H,1-2,5-8,11,14,17-20H2,(H,35,38)/t22-,24+,26-,29+,31+,33?/m1/s1. The van der Waals surface area contributed by atoms with Crippen molar-refractivity contribution >= 4 is 33.2 Å². The zero-order valence-corrected chi connectivity index (χ0v) is 25.4. The van der Waals surface area contributed by atoms with Crippen molar-refractivity contribution in [1.29, 1.82) is 0 Å². The maximum atomic E-state index is 13.3. The minimum atomic E-state index is -3.78. The summed E-state index contributed by atoms with van der Waals surface area (Å²) in [5, 5.41) is 10.7. The number of hydrogen-bond donors (Lipinski definition) is 2. The molecule has 1 amide bonds. The summed E-state index contributed by atoms with van der Waals surface area (Å²) in [6, 6.07) is 11.3. The molecule has 224 valence electrons. The average Bonchev–Trinajstić information content (AvgIpc) is 3.75. The predicted molar refractivity (Wildman–Crippen MR) is 166 cm³/mol. The first-order valence-corrected chi connectivity index (χ1v) is 16.8. The van der Waals surface area contributed by atoms with Gasteiger partial charge in [0.15, 0.2) is 0 Å². The van der Waals surface area contributed by atoms with E-state index in [9.17, 15) is 18.3 Å². The van der Waals surface area contributed by atoms with Crippen LogP contribution in [0.2, 0.25) is 5.02 Å². The van der Waals surface area contributed by atoms with Gasteiger partial charge in [-0.05, 0) is 104 Å². The van der Waals surface area contributed by atoms with Crippen molar-refractivity contribution in [3.63, 3.8) is 0 Å². The fourth-order valence-electron chi connectivity index (χ4n) is 7.31. The molecule has 0 saturated heterocycles. The van der Waals surface area contributed by atoms with E-state index < -0.39 is 27.3 Å². The van der Waals surface area contributed by atoms with Gasteiger partial charge in [-0.3, -0.25) is 4.79 Å². The van der Waals surface area contributed by atoms with Crippen molar-refractivity contribution in [2.24, 2.45) is 17.8 Å². The van der Waals surface area contributed by atoms with E-state index in [0.717, 1.165) is 42.8 Å². The number of aliphatic hydroxyl groups is 1. The monoisotopic (exact) mass is 610 g/mol. The summed E-state index contributed by atoms with van der Waals surface area (Å²) < 4.78 is 34.6. The molecule has 6 rings (SSSR count). The van der Waals surface area contributed by atoms with Crippen molar-refractivity contribution in [3.8, 4) is 5.75 Å². The van der Waals surface area contributed by atoms with Gasteiger partial charge in [0.05, 0.1) is 23.6 Å². The lowest BCUT2D eigenvalue weighted by Gasteiger charge is -2.45. The molecular formula is C33H39ClN2O5S. The second kappa shape index (κ2) is 11.4. The molecule has 7 nitrogen and oxygen atoms in total. The number of fused-ring (bicyclic) bond motifs is 3. The number of carbonyl (C=O) groups is 1. The van der Waals surface area contributed by atoms with Crippen LogP contribution < -0.4 is 14.4 Å². The molecule has 2 fully saturated rings. The predicted octanol–water partition coefficient (Wildman–Crippen LogP) is 5.41. The van der Waals surface area contributed by atoms with Crippen molar-refractivity contribution in [1.82, 2.24) is 4.72 Å². The smallest absolute Gasteiger partial charge is 0.264 e. The number of nitrogens with one attached hydrogen (secondary N) is 1. The topological polar surface area (TPSA) is 95.9 Å². The van der Waals surface area contributed by atoms with Crippen LogP contribution in [-0.4, -0.2) is 50.5 Å². The molecule has 1 heterocycles. The van der Waals surface area contributed by atoms with E-state index in [-0.39, 0.29) is 28.7 Å². The van der Waals surface area contributed by atoms with Gasteiger partial charge in [0.2, 0.25) is 10.0 Å². The van der Waals surface area contributed by atoms with E-state index in [0.29, 0.717) is 38.3 Å². The summed E-state index contributed by atoms with van der Waals surface area (Å²) in [5.74, 6) is 0.420. The molecule has 1 spiro atoms. The largest absolute Gasteiger partial charge is 0.490 e. The van der Waals surface area contributed by atoms with Crippen LogP contribution in [0.3, 0.4) is 0 Å². The summed E-state index contributed by atoms with van der Waals surface area (Å²) in [6.07, 6.45) is 8.79. The van der Waals surface area contributed by atoms with E-state index >= 15 is 0 Å². The summed E-state index contributed by atoms with van der Waals surface area (Å²) >= 11 is 6.37. The Hall–Kier alpha value is -2.81. The number of rotatable bonds is 9. The Kier molecular flexibility index (Phi) is 7.92. The van der Waals surface area contributed by atoms with Gasteiger partial charge < -0.3 is 14.7 Å². The Morgan fingerprint density at radius 3 is 2.79 bits per heavy atom. The number of carbonyl (C=O) groups excluding carboxylic acids is 1. The molecular weight excluding hydrogens is 572 g/mol. The van der Waals surface area contributed by atoms with Crippen LogP contribution in [0.5, 0.6) is 5.75 Å². The van der Waals surface area contributed by atoms with E-state index in [1.165, 1.54) is 11.1 Å². The average molecular weight is 611 g/mol. The summed E-state index contributed by atoms with van der Waals surface area (Å²) in [6.45, 7) is 9.34. The van der Waals surface area contributed by atoms with Gasteiger partial charge in [-0.15, -0.1) is 13.2 Å². The second-order valence-corrected chi connectivity index (χ2v) is 14.9. The molecule has 3 aliphatic carbocycles.